The first-order valence-corrected chi connectivity index (χ1v) is 7.13. The normalized spacial score (nSPS) is 10.0. The van der Waals surface area contributed by atoms with Crippen molar-refractivity contribution in [2.24, 2.45) is 0 Å². The van der Waals surface area contributed by atoms with Crippen molar-refractivity contribution in [3.63, 3.8) is 0 Å². The first-order chi connectivity index (χ1) is 8.20. The molecule has 100 valence electrons. The maximum absolute atomic E-state index is 11.3. The highest BCUT2D eigenvalue weighted by molar-refractivity contribution is 7.80. The number of carbonyl (C=O) groups excluding carboxylic acids is 1. The van der Waals surface area contributed by atoms with Gasteiger partial charge in [-0.1, -0.05) is 51.9 Å². The molecule has 0 saturated heterocycles. The highest BCUT2D eigenvalue weighted by Crippen LogP contribution is 2.09. The molecule has 0 heterocycles. The molecule has 2 N–H and O–H groups in total. The fourth-order valence-corrected chi connectivity index (χ4v) is 1.78. The molecule has 0 spiro atoms. The molecule has 0 aromatic heterocycles. The zero-order chi connectivity index (χ0) is 12.9. The number of nitrogens with one attached hydrogen (secondary N) is 2. The lowest BCUT2D eigenvalue weighted by Crippen LogP contribution is -2.36. The van der Waals surface area contributed by atoms with E-state index in [9.17, 15) is 4.79 Å². The Morgan fingerprint density at radius 2 is 1.53 bits per heavy atom. The van der Waals surface area contributed by atoms with E-state index in [0.717, 1.165) is 12.8 Å². The Labute approximate surface area is 111 Å². The third-order valence-electron chi connectivity index (χ3n) is 2.74. The molecule has 0 aromatic rings. The number of rotatable bonds is 9. The molecular weight excluding hydrogens is 232 g/mol. The van der Waals surface area contributed by atoms with Gasteiger partial charge in [0.1, 0.15) is 0 Å². The summed E-state index contributed by atoms with van der Waals surface area (Å²) >= 11 is 4.85. The summed E-state index contributed by atoms with van der Waals surface area (Å²) in [6.45, 7) is 2.23. The minimum absolute atomic E-state index is 0.0235. The fraction of sp³-hybridized carbons (Fsp3) is 0.846. The number of amides is 1. The molecule has 0 aromatic carbocycles. The van der Waals surface area contributed by atoms with Crippen LogP contribution < -0.4 is 10.6 Å². The van der Waals surface area contributed by atoms with Gasteiger partial charge in [0.05, 0.1) is 0 Å². The van der Waals surface area contributed by atoms with E-state index >= 15 is 0 Å². The Morgan fingerprint density at radius 1 is 1.00 bits per heavy atom. The van der Waals surface area contributed by atoms with Crippen LogP contribution in [0.25, 0.3) is 0 Å². The van der Waals surface area contributed by atoms with Gasteiger partial charge >= 0.3 is 0 Å². The molecule has 0 unspecified atom stereocenters. The lowest BCUT2D eigenvalue weighted by molar-refractivity contribution is -0.119. The van der Waals surface area contributed by atoms with E-state index in [2.05, 4.69) is 17.6 Å². The Bertz CT molecular complexity index is 219. The average molecular weight is 258 g/mol. The van der Waals surface area contributed by atoms with Crippen LogP contribution >= 0.6 is 12.2 Å². The lowest BCUT2D eigenvalue weighted by Gasteiger charge is -2.05. The van der Waals surface area contributed by atoms with Gasteiger partial charge in [-0.2, -0.15) is 0 Å². The van der Waals surface area contributed by atoms with E-state index in [0.29, 0.717) is 11.5 Å². The summed E-state index contributed by atoms with van der Waals surface area (Å²) in [5.41, 5.74) is 0. The molecule has 0 aliphatic rings. The van der Waals surface area contributed by atoms with Crippen LogP contribution in [0.15, 0.2) is 0 Å². The molecule has 0 aliphatic heterocycles. The second-order valence-electron chi connectivity index (χ2n) is 4.35. The van der Waals surface area contributed by atoms with E-state index in [1.54, 1.807) is 7.05 Å². The largest absolute Gasteiger partial charge is 0.365 e. The standard InChI is InChI=1S/C13H26N2OS/c1-3-4-5-6-7-8-9-10-11-12(16)15-13(17)14-2/h3-11H2,1-2H3,(H2,14,15,16,17). The first-order valence-electron chi connectivity index (χ1n) is 6.72. The summed E-state index contributed by atoms with van der Waals surface area (Å²) in [7, 11) is 1.71. The predicted molar refractivity (Wildman–Crippen MR) is 77.0 cm³/mol. The van der Waals surface area contributed by atoms with Gasteiger partial charge in [0.25, 0.3) is 0 Å². The van der Waals surface area contributed by atoms with Crippen molar-refractivity contribution in [3.8, 4) is 0 Å². The van der Waals surface area contributed by atoms with Crippen molar-refractivity contribution < 1.29 is 4.79 Å². The molecule has 1 amide bonds. The zero-order valence-electron chi connectivity index (χ0n) is 11.2. The van der Waals surface area contributed by atoms with Gasteiger partial charge in [0, 0.05) is 13.5 Å². The minimum atomic E-state index is 0.0235. The van der Waals surface area contributed by atoms with Gasteiger partial charge in [0.15, 0.2) is 5.11 Å². The van der Waals surface area contributed by atoms with Crippen molar-refractivity contribution in [3.05, 3.63) is 0 Å². The SMILES string of the molecule is CCCCCCCCCCC(=O)NC(=S)NC. The first kappa shape index (κ1) is 16.4. The molecule has 0 saturated carbocycles. The zero-order valence-corrected chi connectivity index (χ0v) is 12.0. The molecule has 17 heavy (non-hydrogen) atoms. The topological polar surface area (TPSA) is 41.1 Å². The fourth-order valence-electron chi connectivity index (χ4n) is 1.67. The van der Waals surface area contributed by atoms with Crippen LogP contribution in [0.1, 0.15) is 64.7 Å². The summed E-state index contributed by atoms with van der Waals surface area (Å²) in [6, 6.07) is 0. The maximum Gasteiger partial charge on any atom is 0.226 e. The number of thiocarbonyl (C=S) groups is 1. The Morgan fingerprint density at radius 3 is 2.06 bits per heavy atom. The van der Waals surface area contributed by atoms with E-state index < -0.39 is 0 Å². The third-order valence-corrected chi connectivity index (χ3v) is 3.04. The van der Waals surface area contributed by atoms with Crippen LogP contribution in [-0.4, -0.2) is 18.1 Å². The van der Waals surface area contributed by atoms with Gasteiger partial charge in [-0.25, -0.2) is 0 Å². The summed E-state index contributed by atoms with van der Waals surface area (Å²) in [4.78, 5) is 11.3. The van der Waals surface area contributed by atoms with E-state index in [-0.39, 0.29) is 5.91 Å². The van der Waals surface area contributed by atoms with Gasteiger partial charge in [-0.05, 0) is 18.6 Å². The Kier molecular flexibility index (Phi) is 11.4. The third kappa shape index (κ3) is 11.6. The molecule has 0 atom stereocenters. The van der Waals surface area contributed by atoms with Gasteiger partial charge in [-0.3, -0.25) is 4.79 Å². The van der Waals surface area contributed by atoms with Crippen LogP contribution in [0.5, 0.6) is 0 Å². The number of unbranched alkanes of at least 4 members (excludes halogenated alkanes) is 7. The number of carbonyl (C=O) groups is 1. The summed E-state index contributed by atoms with van der Waals surface area (Å²) in [5.74, 6) is 0.0235. The number of hydrogen-bond donors (Lipinski definition) is 2. The van der Waals surface area contributed by atoms with E-state index in [1.165, 1.54) is 38.5 Å². The molecule has 4 heteroatoms. The maximum atomic E-state index is 11.3. The van der Waals surface area contributed by atoms with E-state index in [4.69, 9.17) is 12.2 Å². The van der Waals surface area contributed by atoms with Crippen LogP contribution in [0.4, 0.5) is 0 Å². The van der Waals surface area contributed by atoms with Crippen molar-refractivity contribution in [1.29, 1.82) is 0 Å². The van der Waals surface area contributed by atoms with Crippen LogP contribution in [-0.2, 0) is 4.79 Å². The van der Waals surface area contributed by atoms with E-state index in [1.807, 2.05) is 0 Å². The highest BCUT2D eigenvalue weighted by atomic mass is 32.1. The Balaban J connectivity index is 3.22. The van der Waals surface area contributed by atoms with Crippen molar-refractivity contribution in [1.82, 2.24) is 10.6 Å². The summed E-state index contributed by atoms with van der Waals surface area (Å²) in [5, 5.41) is 5.77. The predicted octanol–water partition coefficient (Wildman–Crippen LogP) is 3.14. The van der Waals surface area contributed by atoms with Crippen LogP contribution in [0, 0.1) is 0 Å². The molecule has 0 bridgehead atoms. The summed E-state index contributed by atoms with van der Waals surface area (Å²) in [6.07, 6.45) is 10.6. The van der Waals surface area contributed by atoms with Crippen molar-refractivity contribution in [2.75, 3.05) is 7.05 Å². The second-order valence-corrected chi connectivity index (χ2v) is 4.76. The molecule has 0 rings (SSSR count). The Hall–Kier alpha value is -0.640. The van der Waals surface area contributed by atoms with Crippen molar-refractivity contribution >= 4 is 23.2 Å². The molecule has 0 aliphatic carbocycles. The minimum Gasteiger partial charge on any atom is -0.365 e. The second kappa shape index (κ2) is 11.8. The molecular formula is C13H26N2OS. The van der Waals surface area contributed by atoms with Crippen LogP contribution in [0.3, 0.4) is 0 Å². The van der Waals surface area contributed by atoms with Gasteiger partial charge in [-0.15, -0.1) is 0 Å². The number of hydrogen-bond acceptors (Lipinski definition) is 2. The molecule has 3 nitrogen and oxygen atoms in total. The lowest BCUT2D eigenvalue weighted by atomic mass is 10.1. The van der Waals surface area contributed by atoms with Gasteiger partial charge < -0.3 is 10.6 Å². The van der Waals surface area contributed by atoms with Crippen molar-refractivity contribution in [2.45, 2.75) is 64.7 Å². The summed E-state index contributed by atoms with van der Waals surface area (Å²) < 4.78 is 0. The average Bonchev–Trinajstić information content (AvgIpc) is 2.32. The van der Waals surface area contributed by atoms with Crippen LogP contribution in [0.2, 0.25) is 0 Å². The highest BCUT2D eigenvalue weighted by Gasteiger charge is 2.02. The monoisotopic (exact) mass is 258 g/mol. The quantitative estimate of drug-likeness (QED) is 0.493. The molecule has 0 radical (unpaired) electrons. The molecule has 0 fully saturated rings. The smallest absolute Gasteiger partial charge is 0.226 e. The van der Waals surface area contributed by atoms with Gasteiger partial charge in [0.2, 0.25) is 5.91 Å².